The Kier molecular flexibility index (Phi) is 5.38. The molecular weight excluding hydrogens is 262 g/mol. The Morgan fingerprint density at radius 3 is 2.71 bits per heavy atom. The Bertz CT molecular complexity index is 608. The summed E-state index contributed by atoms with van der Waals surface area (Å²) < 4.78 is 5.64. The summed E-state index contributed by atoms with van der Waals surface area (Å²) in [6, 6.07) is 15.0. The van der Waals surface area contributed by atoms with Crippen molar-refractivity contribution in [3.05, 3.63) is 59.7 Å². The van der Waals surface area contributed by atoms with E-state index in [-0.39, 0.29) is 5.91 Å². The number of hydrogen-bond donors (Lipinski definition) is 1. The second-order valence-corrected chi connectivity index (χ2v) is 5.05. The van der Waals surface area contributed by atoms with E-state index in [1.807, 2.05) is 55.5 Å². The van der Waals surface area contributed by atoms with Gasteiger partial charge in [-0.2, -0.15) is 0 Å². The predicted molar refractivity (Wildman–Crippen MR) is 86.0 cm³/mol. The van der Waals surface area contributed by atoms with Gasteiger partial charge in [-0.25, -0.2) is 0 Å². The van der Waals surface area contributed by atoms with Crippen LogP contribution in [0, 0.1) is 6.92 Å². The molecule has 0 spiro atoms. The lowest BCUT2D eigenvalue weighted by Crippen LogP contribution is -2.12. The van der Waals surface area contributed by atoms with Crippen LogP contribution in [0.5, 0.6) is 5.75 Å². The average molecular weight is 283 g/mol. The van der Waals surface area contributed by atoms with Crippen molar-refractivity contribution >= 4 is 11.6 Å². The van der Waals surface area contributed by atoms with Crippen LogP contribution in [0.25, 0.3) is 0 Å². The highest BCUT2D eigenvalue weighted by atomic mass is 16.5. The molecule has 0 bridgehead atoms. The maximum Gasteiger partial charge on any atom is 0.255 e. The van der Waals surface area contributed by atoms with Crippen LogP contribution in [-0.4, -0.2) is 12.5 Å². The van der Waals surface area contributed by atoms with E-state index in [2.05, 4.69) is 12.2 Å². The van der Waals surface area contributed by atoms with Gasteiger partial charge in [-0.15, -0.1) is 0 Å². The quantitative estimate of drug-likeness (QED) is 0.797. The van der Waals surface area contributed by atoms with E-state index in [9.17, 15) is 4.79 Å². The molecule has 0 radical (unpaired) electrons. The van der Waals surface area contributed by atoms with Crippen molar-refractivity contribution in [3.63, 3.8) is 0 Å². The fraction of sp³-hybridized carbons (Fsp3) is 0.278. The third-order valence-corrected chi connectivity index (χ3v) is 3.14. The van der Waals surface area contributed by atoms with Gasteiger partial charge in [0.15, 0.2) is 0 Å². The molecule has 21 heavy (non-hydrogen) atoms. The number of carbonyl (C=O) groups is 1. The first-order valence-electron chi connectivity index (χ1n) is 7.30. The van der Waals surface area contributed by atoms with Gasteiger partial charge in [0.1, 0.15) is 5.75 Å². The zero-order chi connectivity index (χ0) is 15.1. The molecule has 0 fully saturated rings. The number of ether oxygens (including phenoxy) is 1. The largest absolute Gasteiger partial charge is 0.494 e. The Labute approximate surface area is 126 Å². The van der Waals surface area contributed by atoms with Crippen LogP contribution in [0.1, 0.15) is 35.7 Å². The van der Waals surface area contributed by atoms with Gasteiger partial charge in [-0.3, -0.25) is 4.79 Å². The molecule has 0 aliphatic heterocycles. The average Bonchev–Trinajstić information content (AvgIpc) is 2.48. The van der Waals surface area contributed by atoms with E-state index in [0.29, 0.717) is 12.2 Å². The maximum atomic E-state index is 12.2. The first-order valence-corrected chi connectivity index (χ1v) is 7.30. The summed E-state index contributed by atoms with van der Waals surface area (Å²) in [5.74, 6) is 0.676. The number of anilines is 1. The minimum atomic E-state index is -0.107. The molecule has 2 rings (SSSR count). The summed E-state index contributed by atoms with van der Waals surface area (Å²) in [6.45, 7) is 4.80. The minimum absolute atomic E-state index is 0.107. The molecule has 1 N–H and O–H groups in total. The van der Waals surface area contributed by atoms with Crippen molar-refractivity contribution in [2.45, 2.75) is 26.7 Å². The molecule has 0 heterocycles. The molecule has 2 aromatic rings. The van der Waals surface area contributed by atoms with Gasteiger partial charge in [0.2, 0.25) is 0 Å². The van der Waals surface area contributed by atoms with Crippen LogP contribution in [0.3, 0.4) is 0 Å². The molecule has 0 atom stereocenters. The van der Waals surface area contributed by atoms with Crippen molar-refractivity contribution in [2.24, 2.45) is 0 Å². The van der Waals surface area contributed by atoms with Crippen molar-refractivity contribution in [3.8, 4) is 5.75 Å². The zero-order valence-electron chi connectivity index (χ0n) is 12.6. The fourth-order valence-corrected chi connectivity index (χ4v) is 1.99. The summed E-state index contributed by atoms with van der Waals surface area (Å²) in [5.41, 5.74) is 2.47. The van der Waals surface area contributed by atoms with Crippen LogP contribution < -0.4 is 10.1 Å². The summed E-state index contributed by atoms with van der Waals surface area (Å²) >= 11 is 0. The van der Waals surface area contributed by atoms with Gasteiger partial charge in [-0.1, -0.05) is 37.1 Å². The second kappa shape index (κ2) is 7.48. The third kappa shape index (κ3) is 4.63. The topological polar surface area (TPSA) is 38.3 Å². The number of aryl methyl sites for hydroxylation is 1. The molecule has 0 saturated carbocycles. The standard InChI is InChI=1S/C18H21NO2/c1-3-4-11-21-17-10-6-9-16(13-17)19-18(20)15-8-5-7-14(2)12-15/h5-10,12-13H,3-4,11H2,1-2H3,(H,19,20). The fourth-order valence-electron chi connectivity index (χ4n) is 1.99. The highest BCUT2D eigenvalue weighted by molar-refractivity contribution is 6.04. The van der Waals surface area contributed by atoms with Crippen molar-refractivity contribution in [1.29, 1.82) is 0 Å². The molecule has 3 heteroatoms. The molecule has 0 aromatic heterocycles. The van der Waals surface area contributed by atoms with Crippen molar-refractivity contribution in [1.82, 2.24) is 0 Å². The van der Waals surface area contributed by atoms with Gasteiger partial charge in [-0.05, 0) is 37.6 Å². The van der Waals surface area contributed by atoms with Crippen molar-refractivity contribution < 1.29 is 9.53 Å². The van der Waals surface area contributed by atoms with E-state index >= 15 is 0 Å². The van der Waals surface area contributed by atoms with Gasteiger partial charge >= 0.3 is 0 Å². The lowest BCUT2D eigenvalue weighted by Gasteiger charge is -2.09. The zero-order valence-corrected chi connectivity index (χ0v) is 12.6. The molecule has 0 aliphatic carbocycles. The Morgan fingerprint density at radius 2 is 1.95 bits per heavy atom. The van der Waals surface area contributed by atoms with Crippen LogP contribution in [0.2, 0.25) is 0 Å². The molecule has 110 valence electrons. The summed E-state index contributed by atoms with van der Waals surface area (Å²) in [4.78, 5) is 12.2. The van der Waals surface area contributed by atoms with Gasteiger partial charge in [0.25, 0.3) is 5.91 Å². The SMILES string of the molecule is CCCCOc1cccc(NC(=O)c2cccc(C)c2)c1. The summed E-state index contributed by atoms with van der Waals surface area (Å²) in [6.07, 6.45) is 2.13. The number of nitrogens with one attached hydrogen (secondary N) is 1. The van der Waals surface area contributed by atoms with Gasteiger partial charge in [0.05, 0.1) is 6.61 Å². The molecule has 0 saturated heterocycles. The molecule has 0 unspecified atom stereocenters. The number of carbonyl (C=O) groups excluding carboxylic acids is 1. The lowest BCUT2D eigenvalue weighted by atomic mass is 10.1. The third-order valence-electron chi connectivity index (χ3n) is 3.14. The lowest BCUT2D eigenvalue weighted by molar-refractivity contribution is 0.102. The molecule has 3 nitrogen and oxygen atoms in total. The number of benzene rings is 2. The highest BCUT2D eigenvalue weighted by Gasteiger charge is 2.06. The number of rotatable bonds is 6. The van der Waals surface area contributed by atoms with Crippen LogP contribution in [0.15, 0.2) is 48.5 Å². The molecule has 1 amide bonds. The molecule has 2 aromatic carbocycles. The Hall–Kier alpha value is -2.29. The highest BCUT2D eigenvalue weighted by Crippen LogP contribution is 2.18. The monoisotopic (exact) mass is 283 g/mol. The van der Waals surface area contributed by atoms with Gasteiger partial charge < -0.3 is 10.1 Å². The van der Waals surface area contributed by atoms with E-state index in [4.69, 9.17) is 4.74 Å². The van der Waals surface area contributed by atoms with E-state index in [1.165, 1.54) is 0 Å². The second-order valence-electron chi connectivity index (χ2n) is 5.05. The summed E-state index contributed by atoms with van der Waals surface area (Å²) in [5, 5.41) is 2.90. The maximum absolute atomic E-state index is 12.2. The van der Waals surface area contributed by atoms with Crippen LogP contribution >= 0.6 is 0 Å². The summed E-state index contributed by atoms with van der Waals surface area (Å²) in [7, 11) is 0. The Balaban J connectivity index is 2.02. The van der Waals surface area contributed by atoms with Crippen LogP contribution in [-0.2, 0) is 0 Å². The van der Waals surface area contributed by atoms with E-state index < -0.39 is 0 Å². The van der Waals surface area contributed by atoms with E-state index in [1.54, 1.807) is 0 Å². The smallest absolute Gasteiger partial charge is 0.255 e. The number of amides is 1. The number of unbranched alkanes of at least 4 members (excludes halogenated alkanes) is 1. The Morgan fingerprint density at radius 1 is 1.14 bits per heavy atom. The molecule has 0 aliphatic rings. The minimum Gasteiger partial charge on any atom is -0.494 e. The first-order chi connectivity index (χ1) is 10.2. The molecular formula is C18H21NO2. The van der Waals surface area contributed by atoms with Crippen molar-refractivity contribution in [2.75, 3.05) is 11.9 Å². The van der Waals surface area contributed by atoms with Gasteiger partial charge in [0, 0.05) is 17.3 Å². The number of hydrogen-bond acceptors (Lipinski definition) is 2. The normalized spacial score (nSPS) is 10.2. The first kappa shape index (κ1) is 15.1. The van der Waals surface area contributed by atoms with E-state index in [0.717, 1.165) is 29.8 Å². The van der Waals surface area contributed by atoms with Crippen LogP contribution in [0.4, 0.5) is 5.69 Å². The predicted octanol–water partition coefficient (Wildman–Crippen LogP) is 4.43.